The molecule has 4 aliphatic carbocycles. The van der Waals surface area contributed by atoms with Gasteiger partial charge in [0, 0.05) is 11.8 Å². The van der Waals surface area contributed by atoms with Crippen LogP contribution in [0.15, 0.2) is 11.6 Å². The van der Waals surface area contributed by atoms with Crippen molar-refractivity contribution in [2.45, 2.75) is 197 Å². The SMILES string of the molecule is CC1CCC(C(C)C2CCC3C4=CC(=O)C5CC(OC6OC(CO)C(O)C(O)C6OC6OCC(O)C(O)C6O)CCC5(C)C4CCC32C)OC1OC1OC(C)C(O)C(O)C1O. The van der Waals surface area contributed by atoms with E-state index >= 15 is 0 Å². The number of carbonyl (C=O) groups excluding carboxylic acids is 1. The highest BCUT2D eigenvalue weighted by atomic mass is 16.8. The number of aliphatic hydroxyl groups excluding tert-OH is 9. The van der Waals surface area contributed by atoms with Gasteiger partial charge in [0.15, 0.2) is 30.9 Å². The maximum atomic E-state index is 14.3. The van der Waals surface area contributed by atoms with E-state index in [1.54, 1.807) is 6.92 Å². The van der Waals surface area contributed by atoms with Crippen molar-refractivity contribution in [2.75, 3.05) is 13.2 Å². The second kappa shape index (κ2) is 17.9. The molecule has 17 nitrogen and oxygen atoms in total. The minimum atomic E-state index is -1.66. The average molecular weight is 871 g/mol. The second-order valence-corrected chi connectivity index (χ2v) is 20.3. The lowest BCUT2D eigenvalue weighted by atomic mass is 9.47. The predicted molar refractivity (Wildman–Crippen MR) is 211 cm³/mol. The molecule has 3 saturated carbocycles. The summed E-state index contributed by atoms with van der Waals surface area (Å²) < 4.78 is 42.3. The number of carbonyl (C=O) groups is 1. The first-order valence-electron chi connectivity index (χ1n) is 22.7. The molecule has 25 unspecified atom stereocenters. The molecule has 0 bridgehead atoms. The summed E-state index contributed by atoms with van der Waals surface area (Å²) in [5.74, 6) is 0.765. The van der Waals surface area contributed by atoms with E-state index in [0.717, 1.165) is 38.5 Å². The molecule has 4 aliphatic heterocycles. The summed E-state index contributed by atoms with van der Waals surface area (Å²) in [6.45, 7) is 9.61. The zero-order valence-electron chi connectivity index (χ0n) is 35.9. The molecule has 0 aromatic heterocycles. The molecule has 8 rings (SSSR count). The Morgan fingerprint density at radius 3 is 2.13 bits per heavy atom. The summed E-state index contributed by atoms with van der Waals surface area (Å²) >= 11 is 0. The van der Waals surface area contributed by atoms with Gasteiger partial charge in [-0.05, 0) is 105 Å². The van der Waals surface area contributed by atoms with E-state index < -0.39 is 105 Å². The fraction of sp³-hybridized carbons (Fsp3) is 0.932. The lowest BCUT2D eigenvalue weighted by Crippen LogP contribution is -2.63. The number of ether oxygens (including phenoxy) is 7. The minimum absolute atomic E-state index is 0.0337. The third-order valence-electron chi connectivity index (χ3n) is 16.8. The van der Waals surface area contributed by atoms with Crippen molar-refractivity contribution in [3.05, 3.63) is 11.6 Å². The molecule has 348 valence electrons. The summed E-state index contributed by atoms with van der Waals surface area (Å²) in [6, 6.07) is 0. The van der Waals surface area contributed by atoms with Crippen molar-refractivity contribution in [3.63, 3.8) is 0 Å². The number of rotatable bonds is 9. The van der Waals surface area contributed by atoms with Crippen LogP contribution in [0.25, 0.3) is 0 Å². The number of fused-ring (bicyclic) bond motifs is 5. The summed E-state index contributed by atoms with van der Waals surface area (Å²) in [7, 11) is 0. The van der Waals surface area contributed by atoms with Crippen molar-refractivity contribution in [1.29, 1.82) is 0 Å². The molecule has 0 spiro atoms. The molecule has 0 aromatic rings. The van der Waals surface area contributed by atoms with Crippen LogP contribution < -0.4 is 0 Å². The van der Waals surface area contributed by atoms with Crippen molar-refractivity contribution in [2.24, 2.45) is 46.3 Å². The van der Waals surface area contributed by atoms with Gasteiger partial charge in [0.25, 0.3) is 0 Å². The lowest BCUT2D eigenvalue weighted by molar-refractivity contribution is -0.363. The van der Waals surface area contributed by atoms with Gasteiger partial charge in [-0.3, -0.25) is 4.79 Å². The standard InChI is InChI=1S/C44H70O17/c1-18-6-9-29(58-39(18)61-41-37(54)34(51)31(48)20(3)56-41)19(2)23-7-8-24-22-15-27(46)26-14-21(10-12-44(26,5)25(22)11-13-43(23,24)4)57-42-38(35(52)33(50)30(16-45)59-42)60-40-36(53)32(49)28(47)17-55-40/h15,18-21,23-26,28-42,45,47-54H,6-14,16-17H2,1-5H3. The first-order valence-corrected chi connectivity index (χ1v) is 22.7. The van der Waals surface area contributed by atoms with E-state index in [4.69, 9.17) is 33.2 Å². The first-order chi connectivity index (χ1) is 28.9. The maximum Gasteiger partial charge on any atom is 0.189 e. The fourth-order valence-electron chi connectivity index (χ4n) is 12.9. The number of hydrogen-bond acceptors (Lipinski definition) is 17. The molecule has 0 aromatic carbocycles. The summed E-state index contributed by atoms with van der Waals surface area (Å²) in [5, 5.41) is 93.6. The van der Waals surface area contributed by atoms with E-state index in [-0.39, 0.29) is 58.9 Å². The van der Waals surface area contributed by atoms with Crippen molar-refractivity contribution in [1.82, 2.24) is 0 Å². The summed E-state index contributed by atoms with van der Waals surface area (Å²) in [4.78, 5) is 14.3. The predicted octanol–water partition coefficient (Wildman–Crippen LogP) is 0.0142. The van der Waals surface area contributed by atoms with Crippen LogP contribution in [0.3, 0.4) is 0 Å². The van der Waals surface area contributed by atoms with E-state index in [0.29, 0.717) is 25.2 Å². The molecule has 0 amide bonds. The van der Waals surface area contributed by atoms with Crippen LogP contribution in [0.2, 0.25) is 0 Å². The molecule has 4 heterocycles. The minimum Gasteiger partial charge on any atom is -0.394 e. The van der Waals surface area contributed by atoms with Crippen LogP contribution in [0, 0.1) is 46.3 Å². The van der Waals surface area contributed by atoms with E-state index in [2.05, 4.69) is 20.8 Å². The Morgan fingerprint density at radius 2 is 1.39 bits per heavy atom. The molecule has 25 atom stereocenters. The van der Waals surface area contributed by atoms with Crippen LogP contribution in [0.4, 0.5) is 0 Å². The molecule has 0 radical (unpaired) electrons. The highest BCUT2D eigenvalue weighted by Crippen LogP contribution is 2.67. The van der Waals surface area contributed by atoms with Gasteiger partial charge in [-0.25, -0.2) is 0 Å². The lowest BCUT2D eigenvalue weighted by Gasteiger charge is -2.57. The van der Waals surface area contributed by atoms with E-state index in [1.807, 2.05) is 13.0 Å². The Balaban J connectivity index is 0.934. The zero-order chi connectivity index (χ0) is 43.9. The van der Waals surface area contributed by atoms with E-state index in [9.17, 15) is 50.8 Å². The van der Waals surface area contributed by atoms with Gasteiger partial charge in [0.05, 0.1) is 31.5 Å². The number of allylic oxidation sites excluding steroid dienone is 2. The van der Waals surface area contributed by atoms with Gasteiger partial charge in [-0.15, -0.1) is 0 Å². The zero-order valence-corrected chi connectivity index (χ0v) is 35.9. The van der Waals surface area contributed by atoms with Crippen LogP contribution in [-0.2, 0) is 38.0 Å². The number of hydrogen-bond donors (Lipinski definition) is 9. The van der Waals surface area contributed by atoms with Crippen LogP contribution in [0.5, 0.6) is 0 Å². The van der Waals surface area contributed by atoms with Gasteiger partial charge in [-0.2, -0.15) is 0 Å². The smallest absolute Gasteiger partial charge is 0.189 e. The third kappa shape index (κ3) is 8.22. The summed E-state index contributed by atoms with van der Waals surface area (Å²) in [6.07, 6.45) is -11.0. The van der Waals surface area contributed by atoms with Gasteiger partial charge < -0.3 is 79.1 Å². The Bertz CT molecular complexity index is 1580. The molecule has 4 saturated heterocycles. The number of ketones is 1. The molecule has 8 aliphatic rings. The molecule has 61 heavy (non-hydrogen) atoms. The molecule has 17 heteroatoms. The average Bonchev–Trinajstić information content (AvgIpc) is 3.59. The topological polar surface area (TPSA) is 264 Å². The monoisotopic (exact) mass is 870 g/mol. The van der Waals surface area contributed by atoms with Gasteiger partial charge in [-0.1, -0.05) is 33.3 Å². The Morgan fingerprint density at radius 1 is 0.689 bits per heavy atom. The first kappa shape index (κ1) is 46.3. The van der Waals surface area contributed by atoms with Gasteiger partial charge in [0.1, 0.15) is 61.0 Å². The highest BCUT2D eigenvalue weighted by Gasteiger charge is 2.61. The summed E-state index contributed by atoms with van der Waals surface area (Å²) in [5.41, 5.74) is 0.906. The normalized spacial score (nSPS) is 54.6. The van der Waals surface area contributed by atoms with Gasteiger partial charge >= 0.3 is 0 Å². The van der Waals surface area contributed by atoms with Gasteiger partial charge in [0.2, 0.25) is 0 Å². The van der Waals surface area contributed by atoms with Crippen LogP contribution in [0.1, 0.15) is 92.4 Å². The highest BCUT2D eigenvalue weighted by molar-refractivity contribution is 5.94. The molecule has 7 fully saturated rings. The van der Waals surface area contributed by atoms with E-state index in [1.165, 1.54) is 5.57 Å². The third-order valence-corrected chi connectivity index (χ3v) is 16.8. The Kier molecular flexibility index (Phi) is 13.6. The Hall–Kier alpha value is -1.23. The fourth-order valence-corrected chi connectivity index (χ4v) is 12.9. The Labute approximate surface area is 357 Å². The van der Waals surface area contributed by atoms with Crippen molar-refractivity contribution < 1.29 is 83.9 Å². The second-order valence-electron chi connectivity index (χ2n) is 20.3. The molecular formula is C44H70O17. The maximum absolute atomic E-state index is 14.3. The van der Waals surface area contributed by atoms with Crippen LogP contribution in [-0.4, -0.2) is 169 Å². The number of aliphatic hydroxyl groups is 9. The molecule has 9 N–H and O–H groups in total. The van der Waals surface area contributed by atoms with Crippen molar-refractivity contribution >= 4 is 5.78 Å². The largest absolute Gasteiger partial charge is 0.394 e. The molecular weight excluding hydrogens is 800 g/mol. The van der Waals surface area contributed by atoms with Crippen LogP contribution >= 0.6 is 0 Å². The van der Waals surface area contributed by atoms with Crippen molar-refractivity contribution in [3.8, 4) is 0 Å². The quantitative estimate of drug-likeness (QED) is 0.148.